The molecular formula is C11H16N2O. The minimum absolute atomic E-state index is 0.370. The summed E-state index contributed by atoms with van der Waals surface area (Å²) in [5.74, 6) is 0.734. The van der Waals surface area contributed by atoms with Crippen molar-refractivity contribution in [2.24, 2.45) is 5.73 Å². The van der Waals surface area contributed by atoms with Crippen molar-refractivity contribution in [1.82, 2.24) is 4.98 Å². The maximum absolute atomic E-state index is 5.76. The van der Waals surface area contributed by atoms with Gasteiger partial charge in [0.05, 0.1) is 0 Å². The van der Waals surface area contributed by atoms with Gasteiger partial charge in [0.1, 0.15) is 6.10 Å². The second-order valence-corrected chi connectivity index (χ2v) is 3.79. The van der Waals surface area contributed by atoms with Gasteiger partial charge in [-0.25, -0.2) is 4.98 Å². The first-order valence-corrected chi connectivity index (χ1v) is 5.13. The summed E-state index contributed by atoms with van der Waals surface area (Å²) in [6, 6.07) is 3.96. The van der Waals surface area contributed by atoms with E-state index in [1.165, 1.54) is 6.42 Å². The molecule has 0 radical (unpaired) electrons. The normalized spacial score (nSPS) is 16.4. The van der Waals surface area contributed by atoms with E-state index in [4.69, 9.17) is 10.5 Å². The molecule has 3 heteroatoms. The minimum atomic E-state index is 0.370. The first-order valence-electron chi connectivity index (χ1n) is 5.13. The molecule has 1 fully saturated rings. The highest BCUT2D eigenvalue weighted by Crippen LogP contribution is 2.26. The highest BCUT2D eigenvalue weighted by Gasteiger charge is 2.20. The number of aryl methyl sites for hydroxylation is 1. The summed E-state index contributed by atoms with van der Waals surface area (Å²) in [6.45, 7) is 2.46. The zero-order valence-electron chi connectivity index (χ0n) is 8.49. The van der Waals surface area contributed by atoms with Crippen molar-refractivity contribution in [2.75, 3.05) is 0 Å². The van der Waals surface area contributed by atoms with E-state index in [-0.39, 0.29) is 0 Å². The van der Waals surface area contributed by atoms with Crippen molar-refractivity contribution in [1.29, 1.82) is 0 Å². The van der Waals surface area contributed by atoms with Crippen molar-refractivity contribution in [3.05, 3.63) is 23.4 Å². The van der Waals surface area contributed by atoms with Gasteiger partial charge in [-0.3, -0.25) is 0 Å². The molecule has 2 rings (SSSR count). The Kier molecular flexibility index (Phi) is 2.68. The van der Waals surface area contributed by atoms with Crippen LogP contribution in [0.5, 0.6) is 5.88 Å². The van der Waals surface area contributed by atoms with E-state index in [1.807, 2.05) is 19.1 Å². The van der Waals surface area contributed by atoms with E-state index < -0.39 is 0 Å². The number of aromatic nitrogens is 1. The third-order valence-corrected chi connectivity index (χ3v) is 2.63. The lowest BCUT2D eigenvalue weighted by Crippen LogP contribution is -2.25. The molecule has 0 spiro atoms. The van der Waals surface area contributed by atoms with Crippen LogP contribution in [-0.4, -0.2) is 11.1 Å². The molecule has 3 nitrogen and oxygen atoms in total. The Bertz CT molecular complexity index is 321. The molecule has 76 valence electrons. The lowest BCUT2D eigenvalue weighted by Gasteiger charge is -2.26. The average molecular weight is 192 g/mol. The maximum Gasteiger partial charge on any atom is 0.218 e. The number of nitrogens with zero attached hydrogens (tertiary/aromatic N) is 1. The van der Waals surface area contributed by atoms with E-state index in [0.29, 0.717) is 12.6 Å². The van der Waals surface area contributed by atoms with Gasteiger partial charge in [0.25, 0.3) is 0 Å². The van der Waals surface area contributed by atoms with Crippen molar-refractivity contribution in [3.8, 4) is 5.88 Å². The zero-order chi connectivity index (χ0) is 9.97. The molecule has 0 atom stereocenters. The molecule has 0 unspecified atom stereocenters. The summed E-state index contributed by atoms with van der Waals surface area (Å²) in [5.41, 5.74) is 7.60. The molecule has 1 aliphatic carbocycles. The third-order valence-electron chi connectivity index (χ3n) is 2.63. The summed E-state index contributed by atoms with van der Waals surface area (Å²) < 4.78 is 5.76. The summed E-state index contributed by atoms with van der Waals surface area (Å²) in [6.07, 6.45) is 3.95. The molecule has 1 aromatic rings. The molecule has 1 aromatic heterocycles. The summed E-state index contributed by atoms with van der Waals surface area (Å²) >= 11 is 0. The summed E-state index contributed by atoms with van der Waals surface area (Å²) in [5, 5.41) is 0. The Morgan fingerprint density at radius 3 is 2.86 bits per heavy atom. The van der Waals surface area contributed by atoms with Crippen LogP contribution in [0.25, 0.3) is 0 Å². The van der Waals surface area contributed by atoms with Crippen LogP contribution in [0.4, 0.5) is 0 Å². The quantitative estimate of drug-likeness (QED) is 0.794. The van der Waals surface area contributed by atoms with Crippen LogP contribution < -0.4 is 10.5 Å². The smallest absolute Gasteiger partial charge is 0.218 e. The molecule has 0 aromatic carbocycles. The standard InChI is InChI=1S/C11H16N2O/c1-8-5-6-9(7-12)11(13-8)14-10-3-2-4-10/h5-6,10H,2-4,7,12H2,1H3. The topological polar surface area (TPSA) is 48.1 Å². The zero-order valence-corrected chi connectivity index (χ0v) is 8.49. The van der Waals surface area contributed by atoms with E-state index in [2.05, 4.69) is 4.98 Å². The van der Waals surface area contributed by atoms with Crippen LogP contribution in [0.1, 0.15) is 30.5 Å². The Labute approximate surface area is 84.3 Å². The Balaban J connectivity index is 2.15. The molecular weight excluding hydrogens is 176 g/mol. The van der Waals surface area contributed by atoms with Gasteiger partial charge in [0.15, 0.2) is 0 Å². The fraction of sp³-hybridized carbons (Fsp3) is 0.545. The molecule has 0 saturated heterocycles. The van der Waals surface area contributed by atoms with E-state index in [1.54, 1.807) is 0 Å². The van der Waals surface area contributed by atoms with Crippen LogP contribution in [0.15, 0.2) is 12.1 Å². The number of ether oxygens (including phenoxy) is 1. The van der Waals surface area contributed by atoms with Gasteiger partial charge in [-0.15, -0.1) is 0 Å². The highest BCUT2D eigenvalue weighted by atomic mass is 16.5. The van der Waals surface area contributed by atoms with Crippen molar-refractivity contribution in [3.63, 3.8) is 0 Å². The van der Waals surface area contributed by atoms with Crippen molar-refractivity contribution in [2.45, 2.75) is 38.8 Å². The molecule has 2 N–H and O–H groups in total. The van der Waals surface area contributed by atoms with Crippen LogP contribution in [-0.2, 0) is 6.54 Å². The van der Waals surface area contributed by atoms with Gasteiger partial charge in [-0.1, -0.05) is 6.07 Å². The molecule has 1 saturated carbocycles. The van der Waals surface area contributed by atoms with E-state index in [9.17, 15) is 0 Å². The highest BCUT2D eigenvalue weighted by molar-refractivity contribution is 5.28. The lowest BCUT2D eigenvalue weighted by molar-refractivity contribution is 0.113. The number of hydrogen-bond donors (Lipinski definition) is 1. The summed E-state index contributed by atoms with van der Waals surface area (Å²) in [4.78, 5) is 4.36. The van der Waals surface area contributed by atoms with Crippen LogP contribution >= 0.6 is 0 Å². The van der Waals surface area contributed by atoms with Gasteiger partial charge < -0.3 is 10.5 Å². The van der Waals surface area contributed by atoms with Gasteiger partial charge in [0, 0.05) is 17.8 Å². The molecule has 0 aliphatic heterocycles. The maximum atomic E-state index is 5.76. The van der Waals surface area contributed by atoms with Gasteiger partial charge in [0.2, 0.25) is 5.88 Å². The van der Waals surface area contributed by atoms with Crippen molar-refractivity contribution < 1.29 is 4.74 Å². The minimum Gasteiger partial charge on any atom is -0.474 e. The largest absolute Gasteiger partial charge is 0.474 e. The predicted octanol–water partition coefficient (Wildman–Crippen LogP) is 1.78. The van der Waals surface area contributed by atoms with Crippen molar-refractivity contribution >= 4 is 0 Å². The number of rotatable bonds is 3. The molecule has 1 heterocycles. The average Bonchev–Trinajstić information content (AvgIpc) is 2.12. The fourth-order valence-electron chi connectivity index (χ4n) is 1.47. The van der Waals surface area contributed by atoms with Crippen LogP contribution in [0.2, 0.25) is 0 Å². The van der Waals surface area contributed by atoms with E-state index >= 15 is 0 Å². The number of pyridine rings is 1. The third kappa shape index (κ3) is 1.87. The Morgan fingerprint density at radius 2 is 2.29 bits per heavy atom. The monoisotopic (exact) mass is 192 g/mol. The predicted molar refractivity (Wildman–Crippen MR) is 55.1 cm³/mol. The van der Waals surface area contributed by atoms with Gasteiger partial charge in [-0.05, 0) is 32.3 Å². The first-order chi connectivity index (χ1) is 6.79. The molecule has 0 bridgehead atoms. The second kappa shape index (κ2) is 3.96. The Hall–Kier alpha value is -1.09. The number of nitrogens with two attached hydrogens (primary N) is 1. The molecule has 14 heavy (non-hydrogen) atoms. The van der Waals surface area contributed by atoms with Gasteiger partial charge in [-0.2, -0.15) is 0 Å². The van der Waals surface area contributed by atoms with Gasteiger partial charge >= 0.3 is 0 Å². The summed E-state index contributed by atoms with van der Waals surface area (Å²) in [7, 11) is 0. The second-order valence-electron chi connectivity index (χ2n) is 3.79. The van der Waals surface area contributed by atoms with E-state index in [0.717, 1.165) is 30.0 Å². The Morgan fingerprint density at radius 1 is 1.50 bits per heavy atom. The van der Waals surface area contributed by atoms with Crippen LogP contribution in [0, 0.1) is 6.92 Å². The molecule has 1 aliphatic rings. The van der Waals surface area contributed by atoms with Crippen LogP contribution in [0.3, 0.4) is 0 Å². The SMILES string of the molecule is Cc1ccc(CN)c(OC2CCC2)n1. The molecule has 0 amide bonds. The fourth-order valence-corrected chi connectivity index (χ4v) is 1.47. The lowest BCUT2D eigenvalue weighted by atomic mass is 9.96. The first kappa shape index (κ1) is 9.46. The number of hydrogen-bond acceptors (Lipinski definition) is 3.